The number of carbonyl (C=O) groups is 1. The second-order valence-corrected chi connectivity index (χ2v) is 9.16. The Kier molecular flexibility index (Phi) is 5.49. The van der Waals surface area contributed by atoms with Crippen LogP contribution in [0.4, 0.5) is 5.69 Å². The Morgan fingerprint density at radius 1 is 1.19 bits per heavy atom. The molecule has 1 N–H and O–H groups in total. The van der Waals surface area contributed by atoms with Crippen molar-refractivity contribution in [2.75, 3.05) is 12.4 Å². The minimum Gasteiger partial charge on any atom is -0.496 e. The van der Waals surface area contributed by atoms with Gasteiger partial charge in [0.15, 0.2) is 0 Å². The lowest BCUT2D eigenvalue weighted by Gasteiger charge is -2.33. The molecule has 0 unspecified atom stereocenters. The number of ether oxygens (including phenoxy) is 2. The summed E-state index contributed by atoms with van der Waals surface area (Å²) in [4.78, 5) is 25.7. The molecule has 0 atom stereocenters. The molecule has 168 valence electrons. The summed E-state index contributed by atoms with van der Waals surface area (Å²) in [6, 6.07) is 7.72. The normalized spacial score (nSPS) is 14.6. The zero-order valence-electron chi connectivity index (χ0n) is 19.5. The van der Waals surface area contributed by atoms with Gasteiger partial charge in [0, 0.05) is 17.3 Å². The molecule has 4 rings (SSSR count). The second kappa shape index (κ2) is 8.01. The third kappa shape index (κ3) is 3.97. The fraction of sp³-hybridized carbons (Fsp3) is 0.385. The molecule has 1 amide bonds. The number of anilines is 1. The average Bonchev–Trinajstić information content (AvgIpc) is 2.72. The molecule has 0 bridgehead atoms. The predicted octanol–water partition coefficient (Wildman–Crippen LogP) is 5.01. The van der Waals surface area contributed by atoms with Gasteiger partial charge in [0.25, 0.3) is 0 Å². The number of amides is 1. The Morgan fingerprint density at radius 2 is 1.94 bits per heavy atom. The zero-order chi connectivity index (χ0) is 23.2. The molecule has 6 nitrogen and oxygen atoms in total. The van der Waals surface area contributed by atoms with Crippen molar-refractivity contribution in [3.63, 3.8) is 0 Å². The Hall–Kier alpha value is -3.28. The van der Waals surface area contributed by atoms with Crippen LogP contribution in [0.5, 0.6) is 11.5 Å². The van der Waals surface area contributed by atoms with E-state index in [0.29, 0.717) is 33.6 Å². The standard InChI is InChI=1S/C26H29NO5/c1-14-7-8-15(2)19(11-14)27-22(28)12-18-16(3)23-21(30-6)13-20-17(24(23)31-25(18)29)9-10-26(4,5)32-20/h7-8,11,13H,9-10,12H2,1-6H3,(H,27,28). The van der Waals surface area contributed by atoms with E-state index < -0.39 is 5.63 Å². The van der Waals surface area contributed by atoms with Gasteiger partial charge in [-0.25, -0.2) is 4.79 Å². The van der Waals surface area contributed by atoms with Gasteiger partial charge in [-0.2, -0.15) is 0 Å². The number of hydrogen-bond donors (Lipinski definition) is 1. The molecule has 0 saturated carbocycles. The van der Waals surface area contributed by atoms with Crippen LogP contribution in [0.15, 0.2) is 33.5 Å². The summed E-state index contributed by atoms with van der Waals surface area (Å²) < 4.78 is 17.5. The Bertz CT molecular complexity index is 1290. The van der Waals surface area contributed by atoms with Crippen molar-refractivity contribution >= 4 is 22.6 Å². The second-order valence-electron chi connectivity index (χ2n) is 9.16. The lowest BCUT2D eigenvalue weighted by molar-refractivity contribution is -0.115. The summed E-state index contributed by atoms with van der Waals surface area (Å²) in [6.45, 7) is 9.80. The summed E-state index contributed by atoms with van der Waals surface area (Å²) >= 11 is 0. The largest absolute Gasteiger partial charge is 0.496 e. The lowest BCUT2D eigenvalue weighted by atomic mass is 9.91. The summed E-state index contributed by atoms with van der Waals surface area (Å²) in [5.41, 5.74) is 4.31. The maximum absolute atomic E-state index is 12.9. The Labute approximate surface area is 187 Å². The molecule has 2 aromatic carbocycles. The highest BCUT2D eigenvalue weighted by Gasteiger charge is 2.31. The first kappa shape index (κ1) is 21.9. The number of hydrogen-bond acceptors (Lipinski definition) is 5. The van der Waals surface area contributed by atoms with Crippen LogP contribution < -0.4 is 20.4 Å². The molecule has 0 fully saturated rings. The molecule has 1 aliphatic heterocycles. The van der Waals surface area contributed by atoms with Crippen LogP contribution >= 0.6 is 0 Å². The average molecular weight is 436 g/mol. The van der Waals surface area contributed by atoms with Crippen molar-refractivity contribution < 1.29 is 18.7 Å². The van der Waals surface area contributed by atoms with Crippen molar-refractivity contribution in [1.29, 1.82) is 0 Å². The van der Waals surface area contributed by atoms with E-state index in [0.717, 1.165) is 35.2 Å². The van der Waals surface area contributed by atoms with Crippen LogP contribution in [-0.2, 0) is 17.6 Å². The van der Waals surface area contributed by atoms with E-state index in [4.69, 9.17) is 13.9 Å². The van der Waals surface area contributed by atoms with E-state index in [-0.39, 0.29) is 17.9 Å². The van der Waals surface area contributed by atoms with Gasteiger partial charge in [-0.15, -0.1) is 0 Å². The van der Waals surface area contributed by atoms with Gasteiger partial charge in [-0.1, -0.05) is 12.1 Å². The molecular weight excluding hydrogens is 406 g/mol. The number of aryl methyl sites for hydroxylation is 4. The third-order valence-corrected chi connectivity index (χ3v) is 6.16. The SMILES string of the molecule is COc1cc2c(c3oc(=O)c(CC(=O)Nc4cc(C)ccc4C)c(C)c13)CCC(C)(C)O2. The maximum Gasteiger partial charge on any atom is 0.340 e. The fourth-order valence-corrected chi connectivity index (χ4v) is 4.27. The molecule has 0 saturated heterocycles. The monoisotopic (exact) mass is 435 g/mol. The van der Waals surface area contributed by atoms with E-state index in [9.17, 15) is 9.59 Å². The van der Waals surface area contributed by atoms with Gasteiger partial charge >= 0.3 is 5.63 Å². The summed E-state index contributed by atoms with van der Waals surface area (Å²) in [6.07, 6.45) is 1.46. The molecule has 0 aliphatic carbocycles. The first-order valence-electron chi connectivity index (χ1n) is 10.8. The molecular formula is C26H29NO5. The Morgan fingerprint density at radius 3 is 2.66 bits per heavy atom. The quantitative estimate of drug-likeness (QED) is 0.583. The predicted molar refractivity (Wildman–Crippen MR) is 125 cm³/mol. The molecule has 6 heteroatoms. The van der Waals surface area contributed by atoms with Crippen LogP contribution in [0.3, 0.4) is 0 Å². The van der Waals surface area contributed by atoms with Crippen LogP contribution in [0.1, 0.15) is 48.1 Å². The van der Waals surface area contributed by atoms with Crippen molar-refractivity contribution in [3.05, 3.63) is 62.5 Å². The highest BCUT2D eigenvalue weighted by molar-refractivity contribution is 5.96. The first-order chi connectivity index (χ1) is 15.1. The smallest absolute Gasteiger partial charge is 0.340 e. The number of methoxy groups -OCH3 is 1. The van der Waals surface area contributed by atoms with Gasteiger partial charge in [-0.05, 0) is 70.2 Å². The summed E-state index contributed by atoms with van der Waals surface area (Å²) in [5, 5.41) is 3.63. The van der Waals surface area contributed by atoms with Crippen LogP contribution in [-0.4, -0.2) is 18.6 Å². The number of nitrogens with one attached hydrogen (secondary N) is 1. The van der Waals surface area contributed by atoms with Gasteiger partial charge in [0.2, 0.25) is 5.91 Å². The highest BCUT2D eigenvalue weighted by Crippen LogP contribution is 2.43. The summed E-state index contributed by atoms with van der Waals surface area (Å²) in [7, 11) is 1.58. The van der Waals surface area contributed by atoms with E-state index in [1.807, 2.05) is 58.9 Å². The fourth-order valence-electron chi connectivity index (χ4n) is 4.27. The van der Waals surface area contributed by atoms with Gasteiger partial charge in [-0.3, -0.25) is 4.79 Å². The number of carbonyl (C=O) groups excluding carboxylic acids is 1. The maximum atomic E-state index is 12.9. The van der Waals surface area contributed by atoms with Gasteiger partial charge < -0.3 is 19.2 Å². The molecule has 0 radical (unpaired) electrons. The van der Waals surface area contributed by atoms with Crippen molar-refractivity contribution in [1.82, 2.24) is 0 Å². The van der Waals surface area contributed by atoms with Crippen LogP contribution in [0.25, 0.3) is 11.0 Å². The molecule has 32 heavy (non-hydrogen) atoms. The topological polar surface area (TPSA) is 77.8 Å². The molecule has 1 aliphatic rings. The molecule has 0 spiro atoms. The lowest BCUT2D eigenvalue weighted by Crippen LogP contribution is -2.32. The molecule has 2 heterocycles. The zero-order valence-corrected chi connectivity index (χ0v) is 19.5. The van der Waals surface area contributed by atoms with E-state index in [2.05, 4.69) is 5.32 Å². The van der Waals surface area contributed by atoms with Crippen molar-refractivity contribution in [2.45, 2.75) is 59.5 Å². The highest BCUT2D eigenvalue weighted by atomic mass is 16.5. The number of fused-ring (bicyclic) bond motifs is 3. The number of rotatable bonds is 4. The first-order valence-corrected chi connectivity index (χ1v) is 10.8. The minimum atomic E-state index is -0.508. The van der Waals surface area contributed by atoms with Gasteiger partial charge in [0.1, 0.15) is 22.7 Å². The minimum absolute atomic E-state index is 0.0821. The van der Waals surface area contributed by atoms with Crippen molar-refractivity contribution in [2.24, 2.45) is 0 Å². The van der Waals surface area contributed by atoms with Gasteiger partial charge in [0.05, 0.1) is 24.5 Å². The molecule has 1 aromatic heterocycles. The van der Waals surface area contributed by atoms with E-state index in [1.165, 1.54) is 0 Å². The summed E-state index contributed by atoms with van der Waals surface area (Å²) in [5.74, 6) is 0.970. The van der Waals surface area contributed by atoms with E-state index >= 15 is 0 Å². The number of benzene rings is 2. The van der Waals surface area contributed by atoms with Crippen LogP contribution in [0, 0.1) is 20.8 Å². The Balaban J connectivity index is 1.76. The van der Waals surface area contributed by atoms with Crippen LogP contribution in [0.2, 0.25) is 0 Å². The van der Waals surface area contributed by atoms with E-state index in [1.54, 1.807) is 7.11 Å². The molecule has 3 aromatic rings. The van der Waals surface area contributed by atoms with Crippen molar-refractivity contribution in [3.8, 4) is 11.5 Å². The third-order valence-electron chi connectivity index (χ3n) is 6.16.